The molecule has 0 fully saturated rings. The molecule has 0 radical (unpaired) electrons. The van der Waals surface area contributed by atoms with Crippen LogP contribution in [0.3, 0.4) is 0 Å². The number of amides is 1. The smallest absolute Gasteiger partial charge is 0.273 e. The van der Waals surface area contributed by atoms with Gasteiger partial charge in [-0.1, -0.05) is 54.1 Å². The van der Waals surface area contributed by atoms with E-state index in [1.165, 1.54) is 0 Å². The second-order valence-corrected chi connectivity index (χ2v) is 8.80. The van der Waals surface area contributed by atoms with E-state index in [0.717, 1.165) is 28.0 Å². The number of hydrogen-bond acceptors (Lipinski definition) is 4. The Labute approximate surface area is 202 Å². The Balaban J connectivity index is 1.55. The Kier molecular flexibility index (Phi) is 5.75. The number of methoxy groups -OCH3 is 1. The van der Waals surface area contributed by atoms with Gasteiger partial charge in [-0.15, -0.1) is 0 Å². The van der Waals surface area contributed by atoms with Gasteiger partial charge in [0.2, 0.25) is 0 Å². The van der Waals surface area contributed by atoms with Crippen LogP contribution in [-0.2, 0) is 6.42 Å². The minimum atomic E-state index is -0.338. The molecule has 1 aliphatic rings. The van der Waals surface area contributed by atoms with E-state index in [1.807, 2.05) is 66.4 Å². The number of hydrogen-bond donors (Lipinski definition) is 2. The number of aromatic amines is 1. The third-order valence-electron chi connectivity index (χ3n) is 6.31. The molecule has 2 heterocycles. The number of fused-ring (bicyclic) bond motifs is 1. The molecule has 34 heavy (non-hydrogen) atoms. The van der Waals surface area contributed by atoms with Crippen molar-refractivity contribution in [1.82, 2.24) is 15.1 Å². The van der Waals surface area contributed by atoms with Gasteiger partial charge in [0.15, 0.2) is 0 Å². The summed E-state index contributed by atoms with van der Waals surface area (Å²) in [6, 6.07) is 20.7. The number of halogens is 1. The molecule has 1 unspecified atom stereocenters. The number of carbonyl (C=O) groups is 1. The van der Waals surface area contributed by atoms with Crippen LogP contribution in [0.4, 0.5) is 0 Å². The number of aromatic hydroxyl groups is 1. The lowest BCUT2D eigenvalue weighted by Crippen LogP contribution is -2.31. The van der Waals surface area contributed by atoms with E-state index in [4.69, 9.17) is 16.3 Å². The van der Waals surface area contributed by atoms with E-state index in [-0.39, 0.29) is 17.7 Å². The number of nitrogens with zero attached hydrogens (tertiary/aromatic N) is 2. The van der Waals surface area contributed by atoms with Crippen LogP contribution in [0.1, 0.15) is 38.8 Å². The second kappa shape index (κ2) is 8.88. The van der Waals surface area contributed by atoms with E-state index in [1.54, 1.807) is 19.2 Å². The van der Waals surface area contributed by atoms with Gasteiger partial charge in [0.1, 0.15) is 22.9 Å². The summed E-state index contributed by atoms with van der Waals surface area (Å²) in [6.07, 6.45) is 0.688. The normalized spacial score (nSPS) is 15.0. The largest absolute Gasteiger partial charge is 0.507 e. The number of aromatic nitrogens is 2. The lowest BCUT2D eigenvalue weighted by atomic mass is 9.95. The fourth-order valence-corrected chi connectivity index (χ4v) is 4.68. The van der Waals surface area contributed by atoms with Crippen LogP contribution in [-0.4, -0.2) is 39.8 Å². The molecule has 172 valence electrons. The summed E-state index contributed by atoms with van der Waals surface area (Å²) in [5.41, 5.74) is 5.08. The van der Waals surface area contributed by atoms with E-state index < -0.39 is 0 Å². The van der Waals surface area contributed by atoms with Gasteiger partial charge >= 0.3 is 0 Å². The van der Waals surface area contributed by atoms with Crippen LogP contribution < -0.4 is 4.74 Å². The molecule has 3 aromatic carbocycles. The molecule has 7 heteroatoms. The number of aryl methyl sites for hydroxylation is 1. The monoisotopic (exact) mass is 473 g/mol. The Hall–Kier alpha value is -3.77. The van der Waals surface area contributed by atoms with Crippen molar-refractivity contribution in [2.24, 2.45) is 0 Å². The first-order valence-corrected chi connectivity index (χ1v) is 11.4. The average molecular weight is 474 g/mol. The van der Waals surface area contributed by atoms with E-state index in [2.05, 4.69) is 10.2 Å². The molecule has 4 aromatic rings. The first kappa shape index (κ1) is 22.0. The number of benzene rings is 3. The molecule has 1 amide bonds. The van der Waals surface area contributed by atoms with Crippen LogP contribution >= 0.6 is 11.6 Å². The van der Waals surface area contributed by atoms with Crippen molar-refractivity contribution in [1.29, 1.82) is 0 Å². The van der Waals surface area contributed by atoms with Crippen molar-refractivity contribution in [2.45, 2.75) is 19.4 Å². The zero-order chi connectivity index (χ0) is 23.8. The SMILES string of the molecule is COc1ccc(CCN2C(=O)c3[nH]nc(-c4cc(Cl)c(C)cc4O)c3C2c2ccccc2)cc1. The van der Waals surface area contributed by atoms with Crippen molar-refractivity contribution in [2.75, 3.05) is 13.7 Å². The Morgan fingerprint density at radius 2 is 1.85 bits per heavy atom. The van der Waals surface area contributed by atoms with E-state index in [9.17, 15) is 9.90 Å². The Bertz CT molecular complexity index is 1350. The van der Waals surface area contributed by atoms with E-state index >= 15 is 0 Å². The minimum Gasteiger partial charge on any atom is -0.507 e. The fourth-order valence-electron chi connectivity index (χ4n) is 4.51. The summed E-state index contributed by atoms with van der Waals surface area (Å²) in [4.78, 5) is 15.4. The highest BCUT2D eigenvalue weighted by molar-refractivity contribution is 6.31. The molecule has 5 rings (SSSR count). The van der Waals surface area contributed by atoms with Crippen LogP contribution in [0.25, 0.3) is 11.3 Å². The summed E-state index contributed by atoms with van der Waals surface area (Å²) >= 11 is 6.37. The van der Waals surface area contributed by atoms with Gasteiger partial charge in [-0.2, -0.15) is 5.10 Å². The van der Waals surface area contributed by atoms with Gasteiger partial charge in [0.25, 0.3) is 5.91 Å². The zero-order valence-electron chi connectivity index (χ0n) is 18.9. The summed E-state index contributed by atoms with van der Waals surface area (Å²) in [5, 5.41) is 18.6. The lowest BCUT2D eigenvalue weighted by Gasteiger charge is -2.26. The minimum absolute atomic E-state index is 0.0761. The average Bonchev–Trinajstić information content (AvgIpc) is 3.39. The Morgan fingerprint density at radius 3 is 2.56 bits per heavy atom. The van der Waals surface area contributed by atoms with Crippen LogP contribution in [0, 0.1) is 6.92 Å². The summed E-state index contributed by atoms with van der Waals surface area (Å²) in [5.74, 6) is 0.756. The maximum atomic E-state index is 13.5. The quantitative estimate of drug-likeness (QED) is 0.385. The standard InChI is InChI=1S/C27H24ClN3O3/c1-16-14-22(32)20(15-21(16)28)24-23-25(30-29-24)27(33)31(26(23)18-6-4-3-5-7-18)13-12-17-8-10-19(34-2)11-9-17/h3-11,14-15,26,32H,12-13H2,1-2H3,(H,29,30). The van der Waals surface area contributed by atoms with Crippen LogP contribution in [0.15, 0.2) is 66.7 Å². The summed E-state index contributed by atoms with van der Waals surface area (Å²) in [6.45, 7) is 2.35. The summed E-state index contributed by atoms with van der Waals surface area (Å²) < 4.78 is 5.25. The molecule has 0 bridgehead atoms. The van der Waals surface area contributed by atoms with Gasteiger partial charge in [0.05, 0.1) is 13.2 Å². The third-order valence-corrected chi connectivity index (χ3v) is 6.72. The highest BCUT2D eigenvalue weighted by Crippen LogP contribution is 2.45. The maximum absolute atomic E-state index is 13.5. The maximum Gasteiger partial charge on any atom is 0.273 e. The number of rotatable bonds is 6. The number of H-pyrrole nitrogens is 1. The lowest BCUT2D eigenvalue weighted by molar-refractivity contribution is 0.0746. The molecule has 6 nitrogen and oxygen atoms in total. The van der Waals surface area contributed by atoms with Crippen LogP contribution in [0.2, 0.25) is 5.02 Å². The van der Waals surface area contributed by atoms with Gasteiger partial charge in [-0.3, -0.25) is 9.89 Å². The molecule has 0 aliphatic carbocycles. The molecule has 2 N–H and O–H groups in total. The molecule has 1 aliphatic heterocycles. The molecule has 0 saturated heterocycles. The molecule has 0 spiro atoms. The first-order chi connectivity index (χ1) is 16.5. The highest BCUT2D eigenvalue weighted by Gasteiger charge is 2.42. The molecular formula is C27H24ClN3O3. The number of carbonyl (C=O) groups excluding carboxylic acids is 1. The van der Waals surface area contributed by atoms with Gasteiger partial charge in [0, 0.05) is 22.7 Å². The predicted molar refractivity (Wildman–Crippen MR) is 131 cm³/mol. The van der Waals surface area contributed by atoms with Gasteiger partial charge in [-0.05, 0) is 54.3 Å². The van der Waals surface area contributed by atoms with Gasteiger partial charge < -0.3 is 14.7 Å². The van der Waals surface area contributed by atoms with Crippen molar-refractivity contribution < 1.29 is 14.6 Å². The van der Waals surface area contributed by atoms with Crippen molar-refractivity contribution in [3.63, 3.8) is 0 Å². The molecule has 1 atom stereocenters. The molecule has 0 saturated carbocycles. The topological polar surface area (TPSA) is 78.5 Å². The number of phenols is 1. The van der Waals surface area contributed by atoms with E-state index in [0.29, 0.717) is 34.9 Å². The first-order valence-electron chi connectivity index (χ1n) is 11.0. The fraction of sp³-hybridized carbons (Fsp3) is 0.185. The zero-order valence-corrected chi connectivity index (χ0v) is 19.6. The third kappa shape index (κ3) is 3.80. The highest BCUT2D eigenvalue weighted by atomic mass is 35.5. The molecular weight excluding hydrogens is 450 g/mol. The number of ether oxygens (including phenoxy) is 1. The van der Waals surface area contributed by atoms with Crippen LogP contribution in [0.5, 0.6) is 11.5 Å². The van der Waals surface area contributed by atoms with Gasteiger partial charge in [-0.25, -0.2) is 0 Å². The second-order valence-electron chi connectivity index (χ2n) is 8.39. The van der Waals surface area contributed by atoms with Crippen molar-refractivity contribution >= 4 is 17.5 Å². The van der Waals surface area contributed by atoms with Crippen molar-refractivity contribution in [3.8, 4) is 22.8 Å². The Morgan fingerprint density at radius 1 is 1.12 bits per heavy atom. The predicted octanol–water partition coefficient (Wildman–Crippen LogP) is 5.54. The van der Waals surface area contributed by atoms with Crippen molar-refractivity contribution in [3.05, 3.63) is 99.7 Å². The summed E-state index contributed by atoms with van der Waals surface area (Å²) in [7, 11) is 1.64. The molecule has 1 aromatic heterocycles. The number of phenolic OH excluding ortho intramolecular Hbond substituents is 1. The number of nitrogens with one attached hydrogen (secondary N) is 1.